The van der Waals surface area contributed by atoms with Crippen molar-refractivity contribution in [1.29, 1.82) is 5.26 Å². The number of aromatic nitrogens is 1. The fraction of sp³-hybridized carbons (Fsp3) is 0.360. The van der Waals surface area contributed by atoms with Crippen molar-refractivity contribution in [3.63, 3.8) is 0 Å². The molecule has 5 rings (SSSR count). The first-order valence-electron chi connectivity index (χ1n) is 10.6. The molecule has 1 aromatic heterocycles. The first-order valence-corrected chi connectivity index (χ1v) is 10.6. The van der Waals surface area contributed by atoms with Crippen molar-refractivity contribution in [2.24, 2.45) is 7.05 Å². The van der Waals surface area contributed by atoms with Crippen LogP contribution in [-0.2, 0) is 13.5 Å². The summed E-state index contributed by atoms with van der Waals surface area (Å²) in [6.07, 6.45) is 3.25. The molecule has 0 unspecified atom stereocenters. The van der Waals surface area contributed by atoms with Crippen LogP contribution in [0.1, 0.15) is 42.4 Å². The van der Waals surface area contributed by atoms with Crippen molar-refractivity contribution < 1.29 is 4.74 Å². The molecular weight excluding hydrogens is 374 g/mol. The summed E-state index contributed by atoms with van der Waals surface area (Å²) in [5.74, 6) is 1.51. The summed E-state index contributed by atoms with van der Waals surface area (Å²) in [4.78, 5) is 15.0. The van der Waals surface area contributed by atoms with Crippen molar-refractivity contribution in [2.45, 2.75) is 38.2 Å². The topological polar surface area (TPSA) is 58.3 Å². The number of nitriles is 1. The van der Waals surface area contributed by atoms with E-state index in [0.717, 1.165) is 54.7 Å². The molecule has 0 spiro atoms. The van der Waals surface area contributed by atoms with Gasteiger partial charge in [0.1, 0.15) is 23.5 Å². The second kappa shape index (κ2) is 7.21. The van der Waals surface area contributed by atoms with Gasteiger partial charge in [0, 0.05) is 31.9 Å². The van der Waals surface area contributed by atoms with E-state index < -0.39 is 0 Å². The molecule has 0 bridgehead atoms. The number of pyridine rings is 1. The third-order valence-corrected chi connectivity index (χ3v) is 6.59. The number of hydrogen-bond acceptors (Lipinski definition) is 4. The van der Waals surface area contributed by atoms with Gasteiger partial charge in [-0.15, -0.1) is 0 Å². The van der Waals surface area contributed by atoms with E-state index in [-0.39, 0.29) is 17.2 Å². The first-order chi connectivity index (χ1) is 14.6. The van der Waals surface area contributed by atoms with E-state index in [1.165, 1.54) is 11.1 Å². The van der Waals surface area contributed by atoms with Crippen LogP contribution in [0, 0.1) is 11.3 Å². The number of benzene rings is 2. The van der Waals surface area contributed by atoms with Gasteiger partial charge in [0.2, 0.25) is 0 Å². The average Bonchev–Trinajstić information content (AvgIpc) is 3.15. The molecule has 0 aliphatic carbocycles. The van der Waals surface area contributed by atoms with Gasteiger partial charge in [-0.05, 0) is 48.9 Å². The van der Waals surface area contributed by atoms with E-state index in [0.29, 0.717) is 5.92 Å². The van der Waals surface area contributed by atoms with Gasteiger partial charge in [-0.25, -0.2) is 0 Å². The molecule has 0 N–H and O–H groups in total. The smallest absolute Gasteiger partial charge is 0.270 e. The zero-order valence-corrected chi connectivity index (χ0v) is 17.4. The molecule has 1 saturated heterocycles. The largest absolute Gasteiger partial charge is 0.490 e. The highest BCUT2D eigenvalue weighted by molar-refractivity contribution is 5.94. The van der Waals surface area contributed by atoms with Crippen molar-refractivity contribution >= 4 is 16.6 Å². The Morgan fingerprint density at radius 1 is 1.13 bits per heavy atom. The third-order valence-electron chi connectivity index (χ3n) is 6.59. The van der Waals surface area contributed by atoms with Gasteiger partial charge in [-0.1, -0.05) is 30.3 Å². The standard InChI is InChI=1S/C25H25N3O2/c1-16-13-19-14-18(7-8-23(19)30-16)17-9-11-28(12-10-17)24-20-5-3-4-6-22(20)27(2)25(29)21(24)15-26/h3-8,14,16-17H,9-13H2,1-2H3/t16-/m1/s1. The highest BCUT2D eigenvalue weighted by Crippen LogP contribution is 2.37. The Hall–Kier alpha value is -3.26. The Balaban J connectivity index is 1.45. The molecule has 0 amide bonds. The minimum atomic E-state index is -0.221. The Kier molecular flexibility index (Phi) is 4.51. The van der Waals surface area contributed by atoms with E-state index in [2.05, 4.69) is 36.1 Å². The van der Waals surface area contributed by atoms with Gasteiger partial charge in [0.25, 0.3) is 5.56 Å². The van der Waals surface area contributed by atoms with Crippen LogP contribution < -0.4 is 15.2 Å². The number of para-hydroxylation sites is 1. The van der Waals surface area contributed by atoms with Crippen LogP contribution in [0.2, 0.25) is 0 Å². The maximum atomic E-state index is 12.8. The van der Waals surface area contributed by atoms with Crippen molar-refractivity contribution in [1.82, 2.24) is 4.57 Å². The number of rotatable bonds is 2. The lowest BCUT2D eigenvalue weighted by atomic mass is 9.87. The monoisotopic (exact) mass is 399 g/mol. The number of anilines is 1. The fourth-order valence-electron chi connectivity index (χ4n) is 5.04. The zero-order chi connectivity index (χ0) is 20.8. The quantitative estimate of drug-likeness (QED) is 0.651. The lowest BCUT2D eigenvalue weighted by molar-refractivity contribution is 0.254. The van der Waals surface area contributed by atoms with Crippen LogP contribution in [-0.4, -0.2) is 23.8 Å². The van der Waals surface area contributed by atoms with Crippen LogP contribution in [0.3, 0.4) is 0 Å². The molecule has 1 atom stereocenters. The van der Waals surface area contributed by atoms with Gasteiger partial charge in [-0.2, -0.15) is 5.26 Å². The molecule has 0 saturated carbocycles. The molecule has 2 aliphatic heterocycles. The van der Waals surface area contributed by atoms with E-state index in [1.54, 1.807) is 11.6 Å². The predicted octanol–water partition coefficient (Wildman–Crippen LogP) is 4.12. The Morgan fingerprint density at radius 2 is 1.90 bits per heavy atom. The van der Waals surface area contributed by atoms with Gasteiger partial charge in [0.15, 0.2) is 0 Å². The summed E-state index contributed by atoms with van der Waals surface area (Å²) in [5.41, 5.74) is 4.38. The summed E-state index contributed by atoms with van der Waals surface area (Å²) < 4.78 is 7.42. The number of aryl methyl sites for hydroxylation is 1. The lowest BCUT2D eigenvalue weighted by Gasteiger charge is -2.35. The Labute approximate surface area is 176 Å². The predicted molar refractivity (Wildman–Crippen MR) is 118 cm³/mol. The maximum absolute atomic E-state index is 12.8. The molecule has 30 heavy (non-hydrogen) atoms. The summed E-state index contributed by atoms with van der Waals surface area (Å²) in [6, 6.07) is 16.7. The molecule has 5 nitrogen and oxygen atoms in total. The van der Waals surface area contributed by atoms with E-state index in [1.807, 2.05) is 24.3 Å². The molecule has 3 heterocycles. The van der Waals surface area contributed by atoms with Crippen LogP contribution in [0.25, 0.3) is 10.9 Å². The number of hydrogen-bond donors (Lipinski definition) is 0. The summed E-state index contributed by atoms with van der Waals surface area (Å²) in [6.45, 7) is 3.78. The molecule has 2 aliphatic rings. The Morgan fingerprint density at radius 3 is 2.67 bits per heavy atom. The zero-order valence-electron chi connectivity index (χ0n) is 17.4. The molecule has 1 fully saturated rings. The second-order valence-corrected chi connectivity index (χ2v) is 8.48. The molecule has 5 heteroatoms. The van der Waals surface area contributed by atoms with E-state index in [4.69, 9.17) is 4.74 Å². The molecule has 0 radical (unpaired) electrons. The summed E-state index contributed by atoms with van der Waals surface area (Å²) in [7, 11) is 1.74. The maximum Gasteiger partial charge on any atom is 0.270 e. The van der Waals surface area contributed by atoms with Crippen LogP contribution >= 0.6 is 0 Å². The SMILES string of the molecule is C[C@@H]1Cc2cc(C3CCN(c4c(C#N)c(=O)n(C)c5ccccc45)CC3)ccc2O1. The normalized spacial score (nSPS) is 18.8. The Bertz CT molecular complexity index is 1230. The minimum Gasteiger partial charge on any atom is -0.490 e. The van der Waals surface area contributed by atoms with E-state index >= 15 is 0 Å². The van der Waals surface area contributed by atoms with Crippen LogP contribution in [0.5, 0.6) is 5.75 Å². The highest BCUT2D eigenvalue weighted by Gasteiger charge is 2.27. The third kappa shape index (κ3) is 2.95. The minimum absolute atomic E-state index is 0.221. The van der Waals surface area contributed by atoms with Crippen molar-refractivity contribution in [3.05, 3.63) is 69.5 Å². The molecule has 3 aromatic rings. The van der Waals surface area contributed by atoms with Gasteiger partial charge in [0.05, 0.1) is 11.2 Å². The summed E-state index contributed by atoms with van der Waals surface area (Å²) >= 11 is 0. The van der Waals surface area contributed by atoms with Crippen molar-refractivity contribution in [2.75, 3.05) is 18.0 Å². The number of fused-ring (bicyclic) bond motifs is 2. The average molecular weight is 399 g/mol. The number of nitrogens with zero attached hydrogens (tertiary/aromatic N) is 3. The molecular formula is C25H25N3O2. The van der Waals surface area contributed by atoms with Gasteiger partial charge >= 0.3 is 0 Å². The number of piperidine rings is 1. The number of ether oxygens (including phenoxy) is 1. The summed E-state index contributed by atoms with van der Waals surface area (Å²) in [5, 5.41) is 10.7. The van der Waals surface area contributed by atoms with Crippen LogP contribution in [0.15, 0.2) is 47.3 Å². The second-order valence-electron chi connectivity index (χ2n) is 8.48. The van der Waals surface area contributed by atoms with Gasteiger partial charge in [-0.3, -0.25) is 4.79 Å². The highest BCUT2D eigenvalue weighted by atomic mass is 16.5. The molecule has 152 valence electrons. The molecule has 2 aromatic carbocycles. The first kappa shape index (κ1) is 18.7. The van der Waals surface area contributed by atoms with Crippen LogP contribution in [0.4, 0.5) is 5.69 Å². The van der Waals surface area contributed by atoms with Gasteiger partial charge < -0.3 is 14.2 Å². The lowest BCUT2D eigenvalue weighted by Crippen LogP contribution is -2.35. The van der Waals surface area contributed by atoms with E-state index in [9.17, 15) is 10.1 Å². The fourth-order valence-corrected chi connectivity index (χ4v) is 5.04. The van der Waals surface area contributed by atoms with Crippen molar-refractivity contribution in [3.8, 4) is 11.8 Å².